The predicted molar refractivity (Wildman–Crippen MR) is 214 cm³/mol. The monoisotopic (exact) mass is 773 g/mol. The molecule has 0 spiro atoms. The van der Waals surface area contributed by atoms with Gasteiger partial charge < -0.3 is 39.3 Å². The number of aliphatic hydroxyl groups excluding tert-OH is 2. The average molecular weight is 774 g/mol. The Labute approximate surface area is 331 Å². The Morgan fingerprint density at radius 1 is 1.05 bits per heavy atom. The summed E-state index contributed by atoms with van der Waals surface area (Å²) in [5.74, 6) is -1.15. The molecule has 0 bridgehead atoms. The van der Waals surface area contributed by atoms with E-state index < -0.39 is 29.9 Å². The van der Waals surface area contributed by atoms with Crippen molar-refractivity contribution in [2.45, 2.75) is 89.0 Å². The van der Waals surface area contributed by atoms with Crippen molar-refractivity contribution in [2.75, 3.05) is 40.1 Å². The molecule has 2 amide bonds. The molecule has 1 saturated carbocycles. The summed E-state index contributed by atoms with van der Waals surface area (Å²) in [6.07, 6.45) is 10.5. The van der Waals surface area contributed by atoms with E-state index in [1.807, 2.05) is 49.4 Å². The predicted octanol–water partition coefficient (Wildman–Crippen LogP) is 7.66. The molecule has 5 rings (SSSR count). The molecule has 1 fully saturated rings. The summed E-state index contributed by atoms with van der Waals surface area (Å²) in [4.78, 5) is 34.4. The lowest BCUT2D eigenvalue weighted by atomic mass is 9.55. The van der Waals surface area contributed by atoms with Crippen LogP contribution in [0.3, 0.4) is 0 Å². The Bertz CT molecular complexity index is 1680. The molecule has 6 atom stereocenters. The number of allylic oxidation sites excluding steroid dienone is 1. The molecule has 0 radical (unpaired) electrons. The van der Waals surface area contributed by atoms with E-state index in [0.29, 0.717) is 56.0 Å². The Balaban J connectivity index is 1.68. The zero-order valence-electron chi connectivity index (χ0n) is 32.9. The smallest absolute Gasteiger partial charge is 0.412 e. The lowest BCUT2D eigenvalue weighted by molar-refractivity contribution is -0.255. The van der Waals surface area contributed by atoms with Crippen LogP contribution in [0.1, 0.15) is 81.8 Å². The van der Waals surface area contributed by atoms with Crippen molar-refractivity contribution < 1.29 is 43.6 Å². The molecule has 12 heteroatoms. The zero-order valence-corrected chi connectivity index (χ0v) is 32.9. The maximum atomic E-state index is 14.0. The molecule has 6 unspecified atom stereocenters. The van der Waals surface area contributed by atoms with Gasteiger partial charge in [-0.15, -0.1) is 13.2 Å². The van der Waals surface area contributed by atoms with E-state index in [1.165, 1.54) is 7.11 Å². The number of amides is 2. The highest BCUT2D eigenvalue weighted by molar-refractivity contribution is 6.03. The van der Waals surface area contributed by atoms with Gasteiger partial charge in [0.25, 0.3) is 0 Å². The largest absolute Gasteiger partial charge is 0.459 e. The van der Waals surface area contributed by atoms with Crippen molar-refractivity contribution in [1.82, 2.24) is 10.2 Å². The van der Waals surface area contributed by atoms with Crippen molar-refractivity contribution in [1.29, 1.82) is 0 Å². The van der Waals surface area contributed by atoms with Crippen LogP contribution in [-0.2, 0) is 20.9 Å². The molecule has 12 nitrogen and oxygen atoms in total. The minimum absolute atomic E-state index is 0.0206. The highest BCUT2D eigenvalue weighted by Crippen LogP contribution is 2.62. The van der Waals surface area contributed by atoms with Crippen LogP contribution in [-0.4, -0.2) is 84.9 Å². The summed E-state index contributed by atoms with van der Waals surface area (Å²) in [6, 6.07) is 14.3. The number of carbonyl (C=O) groups is 2. The first-order chi connectivity index (χ1) is 27.3. The van der Waals surface area contributed by atoms with Crippen molar-refractivity contribution >= 4 is 17.9 Å². The van der Waals surface area contributed by atoms with E-state index in [0.717, 1.165) is 42.4 Å². The highest BCUT2D eigenvalue weighted by Gasteiger charge is 2.65. The van der Waals surface area contributed by atoms with E-state index in [-0.39, 0.29) is 50.6 Å². The van der Waals surface area contributed by atoms with Gasteiger partial charge in [-0.05, 0) is 79.7 Å². The van der Waals surface area contributed by atoms with Gasteiger partial charge in [-0.1, -0.05) is 73.5 Å². The number of nitrogens with zero attached hydrogens (tertiary/aromatic N) is 2. The first-order valence-electron chi connectivity index (χ1n) is 20.0. The third-order valence-corrected chi connectivity index (χ3v) is 11.0. The molecule has 2 aromatic carbocycles. The number of rotatable bonds is 21. The van der Waals surface area contributed by atoms with Gasteiger partial charge in [0, 0.05) is 44.2 Å². The first-order valence-corrected chi connectivity index (χ1v) is 20.0. The van der Waals surface area contributed by atoms with E-state index in [1.54, 1.807) is 23.1 Å². The molecular formula is C44H59N3O9. The molecule has 0 aromatic heterocycles. The van der Waals surface area contributed by atoms with Crippen LogP contribution in [0.2, 0.25) is 0 Å². The molecule has 1 aliphatic heterocycles. The minimum atomic E-state index is -1.40. The number of fused-ring (bicyclic) bond motifs is 2. The maximum Gasteiger partial charge on any atom is 0.412 e. The van der Waals surface area contributed by atoms with Gasteiger partial charge >= 0.3 is 12.2 Å². The number of oxime groups is 1. The van der Waals surface area contributed by atoms with Crippen molar-refractivity contribution in [3.8, 4) is 11.5 Å². The topological polar surface area (TPSA) is 148 Å². The van der Waals surface area contributed by atoms with Crippen molar-refractivity contribution in [3.63, 3.8) is 0 Å². The average Bonchev–Trinajstić information content (AvgIpc) is 3.20. The number of hydrogen-bond donors (Lipinski definition) is 3. The summed E-state index contributed by atoms with van der Waals surface area (Å²) in [5, 5.41) is 27.1. The second kappa shape index (κ2) is 21.0. The van der Waals surface area contributed by atoms with Crippen LogP contribution < -0.4 is 14.8 Å². The number of benzene rings is 2. The third-order valence-electron chi connectivity index (χ3n) is 11.0. The van der Waals surface area contributed by atoms with Gasteiger partial charge in [0.05, 0.1) is 24.8 Å². The molecule has 3 N–H and O–H groups in total. The summed E-state index contributed by atoms with van der Waals surface area (Å²) in [5.41, 5.74) is 3.39. The molecule has 56 heavy (non-hydrogen) atoms. The Kier molecular flexibility index (Phi) is 16.0. The van der Waals surface area contributed by atoms with E-state index in [9.17, 15) is 19.8 Å². The minimum Gasteiger partial charge on any atom is -0.459 e. The summed E-state index contributed by atoms with van der Waals surface area (Å²) in [7, 11) is 1.52. The standard InChI is InChI=1S/C44H59N3O9/c1-5-8-26-53-43(51)47(22-6-2)39-29-37(46-52-4)35-27-32(18-12-14-23-48)34(19-13-15-24-49)40-36-28-33(55-42(50)45-30-31-16-10-9-11-17-31)20-21-38(36)56-44(39,41(35)40)54-25-7-3/h5,7,9-11,16-17,20-21,27-28,32,34,39-41,48-49H,1,3,6,8,12-15,18-19,22-26,29-30H2,2,4H3,(H,45,50). The van der Waals surface area contributed by atoms with E-state index >= 15 is 0 Å². The number of hydrogen-bond acceptors (Lipinski definition) is 10. The molecule has 2 aliphatic carbocycles. The van der Waals surface area contributed by atoms with Crippen LogP contribution in [0.25, 0.3) is 0 Å². The lowest BCUT2D eigenvalue weighted by Crippen LogP contribution is -2.70. The zero-order chi connectivity index (χ0) is 39.9. The number of aliphatic hydroxyl groups is 2. The van der Waals surface area contributed by atoms with E-state index in [4.69, 9.17) is 23.8 Å². The Morgan fingerprint density at radius 2 is 1.82 bits per heavy atom. The highest BCUT2D eigenvalue weighted by atomic mass is 16.7. The second-order valence-corrected chi connectivity index (χ2v) is 14.6. The van der Waals surface area contributed by atoms with Crippen LogP contribution >= 0.6 is 0 Å². The summed E-state index contributed by atoms with van der Waals surface area (Å²) >= 11 is 0. The van der Waals surface area contributed by atoms with Gasteiger partial charge in [-0.2, -0.15) is 0 Å². The fraction of sp³-hybridized carbons (Fsp3) is 0.523. The Morgan fingerprint density at radius 3 is 2.52 bits per heavy atom. The van der Waals surface area contributed by atoms with Crippen molar-refractivity contribution in [2.24, 2.45) is 22.9 Å². The van der Waals surface area contributed by atoms with Gasteiger partial charge in [0.15, 0.2) is 0 Å². The third kappa shape index (κ3) is 9.83. The van der Waals surface area contributed by atoms with Gasteiger partial charge in [-0.25, -0.2) is 9.59 Å². The van der Waals surface area contributed by atoms with Gasteiger partial charge in [-0.3, -0.25) is 4.90 Å². The molecule has 3 aliphatic rings. The lowest BCUT2D eigenvalue weighted by Gasteiger charge is -2.59. The quantitative estimate of drug-likeness (QED) is 0.0661. The van der Waals surface area contributed by atoms with Gasteiger partial charge in [0.2, 0.25) is 5.79 Å². The number of nitrogens with one attached hydrogen (secondary N) is 1. The number of carbonyl (C=O) groups excluding carboxylic acids is 2. The maximum absolute atomic E-state index is 14.0. The molecule has 1 heterocycles. The first kappa shape index (κ1) is 42.5. The number of unbranched alkanes of at least 4 members (excludes halogenated alkanes) is 2. The molecule has 2 aromatic rings. The van der Waals surface area contributed by atoms with Crippen LogP contribution in [0, 0.1) is 17.8 Å². The van der Waals surface area contributed by atoms with E-state index in [2.05, 4.69) is 29.7 Å². The Hall–Kier alpha value is -4.65. The fourth-order valence-electron chi connectivity index (χ4n) is 8.66. The normalized spacial score (nSPS) is 24.1. The molecule has 304 valence electrons. The summed E-state index contributed by atoms with van der Waals surface area (Å²) in [6.45, 7) is 10.9. The SMILES string of the molecule is C=CCCOC(=O)N(CCC)C1CC(=NOC)C2=CC(CCCCO)C(CCCCO)C3c4cc(OC(=O)NCc5ccccc5)ccc4OC1(OCC=C)C23. The summed E-state index contributed by atoms with van der Waals surface area (Å²) < 4.78 is 25.8. The fourth-order valence-corrected chi connectivity index (χ4v) is 8.66. The van der Waals surface area contributed by atoms with Crippen LogP contribution in [0.15, 0.2) is 90.6 Å². The van der Waals surface area contributed by atoms with Crippen LogP contribution in [0.5, 0.6) is 11.5 Å². The van der Waals surface area contributed by atoms with Crippen molar-refractivity contribution in [3.05, 3.63) is 96.6 Å². The molecule has 0 saturated heterocycles. The number of ether oxygens (including phenoxy) is 4. The van der Waals surface area contributed by atoms with Gasteiger partial charge in [0.1, 0.15) is 24.7 Å². The van der Waals surface area contributed by atoms with Crippen LogP contribution in [0.4, 0.5) is 9.59 Å². The molecular weight excluding hydrogens is 714 g/mol. The second-order valence-electron chi connectivity index (χ2n) is 14.6.